The molecule has 1 aromatic heterocycles. The van der Waals surface area contributed by atoms with Gasteiger partial charge in [-0.25, -0.2) is 14.7 Å². The van der Waals surface area contributed by atoms with Gasteiger partial charge in [-0.15, -0.1) is 0 Å². The minimum absolute atomic E-state index is 0.0626. The molecule has 0 N–H and O–H groups in total. The van der Waals surface area contributed by atoms with Crippen molar-refractivity contribution in [2.24, 2.45) is 7.05 Å². The summed E-state index contributed by atoms with van der Waals surface area (Å²) in [6, 6.07) is 26.5. The van der Waals surface area contributed by atoms with Gasteiger partial charge < -0.3 is 4.74 Å². The Labute approximate surface area is 261 Å². The molecule has 2 aliphatic rings. The first-order valence-electron chi connectivity index (χ1n) is 14.3. The first kappa shape index (κ1) is 28.4. The number of esters is 1. The number of imide groups is 1. The van der Waals surface area contributed by atoms with Crippen molar-refractivity contribution in [3.8, 4) is 11.1 Å². The first-order valence-corrected chi connectivity index (χ1v) is 15.2. The van der Waals surface area contributed by atoms with Crippen LogP contribution in [0, 0.1) is 0 Å². The summed E-state index contributed by atoms with van der Waals surface area (Å²) in [5, 5.41) is 0.0440. The van der Waals surface area contributed by atoms with Gasteiger partial charge >= 0.3 is 5.97 Å². The number of carbonyl (C=O) groups is 4. The normalized spacial score (nSPS) is 15.3. The lowest BCUT2D eigenvalue weighted by Crippen LogP contribution is -2.31. The fourth-order valence-electron chi connectivity index (χ4n) is 5.76. The average molecular weight is 616 g/mol. The molecule has 10 heteroatoms. The third-order valence-corrected chi connectivity index (χ3v) is 9.34. The van der Waals surface area contributed by atoms with Gasteiger partial charge in [-0.3, -0.25) is 23.7 Å². The molecule has 0 saturated carbocycles. The molecule has 222 valence electrons. The zero-order valence-electron chi connectivity index (χ0n) is 24.1. The molecule has 0 radical (unpaired) electrons. The van der Waals surface area contributed by atoms with Gasteiger partial charge in [0.2, 0.25) is 11.8 Å². The number of para-hydroxylation sites is 1. The molecule has 5 aromatic rings. The summed E-state index contributed by atoms with van der Waals surface area (Å²) in [7, 11) is 1.58. The number of hydrogen-bond donors (Lipinski definition) is 0. The Morgan fingerprint density at radius 1 is 0.867 bits per heavy atom. The fourth-order valence-corrected chi connectivity index (χ4v) is 6.84. The summed E-state index contributed by atoms with van der Waals surface area (Å²) in [6.45, 7) is -0.417. The Morgan fingerprint density at radius 2 is 1.58 bits per heavy atom. The molecule has 1 atom stereocenters. The van der Waals surface area contributed by atoms with Crippen LogP contribution in [0.4, 0.5) is 5.69 Å². The maximum atomic E-state index is 13.3. The van der Waals surface area contributed by atoms with Crippen molar-refractivity contribution < 1.29 is 23.9 Å². The number of thioether (sulfide) groups is 1. The van der Waals surface area contributed by atoms with Crippen LogP contribution in [-0.2, 0) is 27.8 Å². The average Bonchev–Trinajstić information content (AvgIpc) is 3.57. The maximum Gasteiger partial charge on any atom is 0.338 e. The predicted octanol–water partition coefficient (Wildman–Crippen LogP) is 4.97. The van der Waals surface area contributed by atoms with Gasteiger partial charge in [0.25, 0.3) is 5.56 Å². The Bertz CT molecular complexity index is 2120. The molecule has 1 unspecified atom stereocenters. The van der Waals surface area contributed by atoms with E-state index in [4.69, 9.17) is 4.74 Å². The van der Waals surface area contributed by atoms with E-state index in [1.807, 2.05) is 24.3 Å². The van der Waals surface area contributed by atoms with Gasteiger partial charge in [0, 0.05) is 19.0 Å². The van der Waals surface area contributed by atoms with Crippen LogP contribution in [-0.4, -0.2) is 45.0 Å². The van der Waals surface area contributed by atoms with Crippen molar-refractivity contribution in [1.29, 1.82) is 0 Å². The van der Waals surface area contributed by atoms with E-state index in [9.17, 15) is 24.0 Å². The highest BCUT2D eigenvalue weighted by Gasteiger charge is 2.41. The zero-order chi connectivity index (χ0) is 31.2. The third kappa shape index (κ3) is 5.12. The molecule has 2 heterocycles. The first-order chi connectivity index (χ1) is 21.8. The number of anilines is 1. The standard InChI is InChI=1S/C35H25N3O6S/c1-37-32(41)27-8-4-5-9-28(27)36-35(37)45-30-18-31(40)38(33(30)42)24-13-10-20(11-14-24)34(43)44-19-29(39)22-12-15-26-23(17-22)16-21-6-2-3-7-25(21)26/h2-15,17,30H,16,18-19H2,1H3. The lowest BCUT2D eigenvalue weighted by molar-refractivity contribution is -0.121. The van der Waals surface area contributed by atoms with E-state index >= 15 is 0 Å². The summed E-state index contributed by atoms with van der Waals surface area (Å²) >= 11 is 1.07. The summed E-state index contributed by atoms with van der Waals surface area (Å²) in [6.07, 6.45) is 0.688. The number of rotatable bonds is 7. The molecular formula is C35H25N3O6S. The van der Waals surface area contributed by atoms with E-state index in [0.29, 0.717) is 27.3 Å². The Hall–Kier alpha value is -5.35. The quantitative estimate of drug-likeness (QED) is 0.107. The lowest BCUT2D eigenvalue weighted by Gasteiger charge is -2.16. The summed E-state index contributed by atoms with van der Waals surface area (Å²) in [5.74, 6) is -1.85. The number of fused-ring (bicyclic) bond motifs is 4. The SMILES string of the molecule is Cn1c(SC2CC(=O)N(c3ccc(C(=O)OCC(=O)c4ccc5c(c4)Cc4ccccc4-5)cc3)C2=O)nc2ccccc2c1=O. The molecule has 9 nitrogen and oxygen atoms in total. The molecule has 1 saturated heterocycles. The van der Waals surface area contributed by atoms with Crippen LogP contribution in [0.3, 0.4) is 0 Å². The number of aromatic nitrogens is 2. The van der Waals surface area contributed by atoms with Crippen LogP contribution in [0.5, 0.6) is 0 Å². The third-order valence-electron chi connectivity index (χ3n) is 8.11. The molecule has 45 heavy (non-hydrogen) atoms. The highest BCUT2D eigenvalue weighted by Crippen LogP contribution is 2.37. The Kier molecular flexibility index (Phi) is 7.13. The Morgan fingerprint density at radius 3 is 2.40 bits per heavy atom. The van der Waals surface area contributed by atoms with Crippen LogP contribution >= 0.6 is 11.8 Å². The van der Waals surface area contributed by atoms with Crippen molar-refractivity contribution in [2.45, 2.75) is 23.2 Å². The largest absolute Gasteiger partial charge is 0.454 e. The number of hydrogen-bond acceptors (Lipinski definition) is 8. The van der Waals surface area contributed by atoms with Crippen LogP contribution in [0.15, 0.2) is 101 Å². The van der Waals surface area contributed by atoms with Gasteiger partial charge in [0.05, 0.1) is 22.2 Å². The molecule has 1 aliphatic carbocycles. The number of carbonyl (C=O) groups excluding carboxylic acids is 4. The Balaban J connectivity index is 0.993. The van der Waals surface area contributed by atoms with Crippen molar-refractivity contribution in [2.75, 3.05) is 11.5 Å². The highest BCUT2D eigenvalue weighted by molar-refractivity contribution is 8.00. The number of ketones is 1. The van der Waals surface area contributed by atoms with Crippen LogP contribution in [0.1, 0.15) is 38.3 Å². The van der Waals surface area contributed by atoms with Gasteiger partial charge in [0.15, 0.2) is 17.5 Å². The summed E-state index contributed by atoms with van der Waals surface area (Å²) in [4.78, 5) is 70.1. The van der Waals surface area contributed by atoms with E-state index in [1.54, 1.807) is 37.4 Å². The van der Waals surface area contributed by atoms with Gasteiger partial charge in [0.1, 0.15) is 5.25 Å². The maximum absolute atomic E-state index is 13.3. The molecule has 4 aromatic carbocycles. The molecule has 1 aliphatic heterocycles. The minimum Gasteiger partial charge on any atom is -0.454 e. The highest BCUT2D eigenvalue weighted by atomic mass is 32.2. The van der Waals surface area contributed by atoms with E-state index in [0.717, 1.165) is 34.2 Å². The van der Waals surface area contributed by atoms with Crippen LogP contribution in [0.25, 0.3) is 22.0 Å². The second kappa shape index (κ2) is 11.3. The molecule has 2 amide bonds. The fraction of sp³-hybridized carbons (Fsp3) is 0.143. The molecular weight excluding hydrogens is 590 g/mol. The van der Waals surface area contributed by atoms with E-state index in [1.165, 1.54) is 40.0 Å². The van der Waals surface area contributed by atoms with Crippen molar-refractivity contribution in [3.63, 3.8) is 0 Å². The monoisotopic (exact) mass is 615 g/mol. The smallest absolute Gasteiger partial charge is 0.338 e. The van der Waals surface area contributed by atoms with Crippen molar-refractivity contribution >= 4 is 51.9 Å². The van der Waals surface area contributed by atoms with Gasteiger partial charge in [-0.05, 0) is 71.1 Å². The zero-order valence-corrected chi connectivity index (χ0v) is 24.9. The van der Waals surface area contributed by atoms with Crippen LogP contribution < -0.4 is 10.5 Å². The van der Waals surface area contributed by atoms with E-state index < -0.39 is 29.6 Å². The van der Waals surface area contributed by atoms with Crippen molar-refractivity contribution in [3.05, 3.63) is 124 Å². The van der Waals surface area contributed by atoms with E-state index in [-0.39, 0.29) is 23.3 Å². The van der Waals surface area contributed by atoms with Gasteiger partial charge in [-0.2, -0.15) is 0 Å². The van der Waals surface area contributed by atoms with Crippen LogP contribution in [0.2, 0.25) is 0 Å². The minimum atomic E-state index is -0.763. The lowest BCUT2D eigenvalue weighted by atomic mass is 10.0. The van der Waals surface area contributed by atoms with E-state index in [2.05, 4.69) is 17.1 Å². The van der Waals surface area contributed by atoms with Crippen molar-refractivity contribution in [1.82, 2.24) is 9.55 Å². The molecule has 0 bridgehead atoms. The number of benzene rings is 4. The number of Topliss-reactive ketones (excluding diaryl/α,β-unsaturated/α-hetero) is 1. The number of nitrogens with zero attached hydrogens (tertiary/aromatic N) is 3. The topological polar surface area (TPSA) is 116 Å². The second-order valence-electron chi connectivity index (χ2n) is 10.9. The number of ether oxygens (including phenoxy) is 1. The molecule has 1 fully saturated rings. The van der Waals surface area contributed by atoms with Gasteiger partial charge in [-0.1, -0.05) is 60.3 Å². The summed E-state index contributed by atoms with van der Waals surface area (Å²) in [5.41, 5.74) is 5.79. The second-order valence-corrected chi connectivity index (χ2v) is 12.1. The molecule has 7 rings (SSSR count). The molecule has 0 spiro atoms. The predicted molar refractivity (Wildman–Crippen MR) is 169 cm³/mol. The number of amides is 2. The summed E-state index contributed by atoms with van der Waals surface area (Å²) < 4.78 is 6.67.